The summed E-state index contributed by atoms with van der Waals surface area (Å²) in [5.74, 6) is -1.72. The third kappa shape index (κ3) is 6.98. The van der Waals surface area contributed by atoms with Gasteiger partial charge in [-0.1, -0.05) is 78.9 Å². The second-order valence-corrected chi connectivity index (χ2v) is 11.2. The summed E-state index contributed by atoms with van der Waals surface area (Å²) in [6, 6.07) is 26.5. The van der Waals surface area contributed by atoms with Gasteiger partial charge in [0.2, 0.25) is 5.91 Å². The lowest BCUT2D eigenvalue weighted by atomic mass is 9.84. The number of amides is 2. The summed E-state index contributed by atoms with van der Waals surface area (Å²) >= 11 is 0. The zero-order chi connectivity index (χ0) is 29.5. The van der Waals surface area contributed by atoms with Crippen LogP contribution in [0.25, 0.3) is 11.1 Å². The summed E-state index contributed by atoms with van der Waals surface area (Å²) in [6.07, 6.45) is -1.08. The van der Waals surface area contributed by atoms with Gasteiger partial charge >= 0.3 is 12.1 Å². The number of likely N-dealkylation sites (tertiary alicyclic amines) is 1. The van der Waals surface area contributed by atoms with Crippen molar-refractivity contribution in [1.29, 1.82) is 0 Å². The van der Waals surface area contributed by atoms with E-state index >= 15 is 0 Å². The number of alkyl carbamates (subject to hydrolysis) is 1. The first-order chi connectivity index (χ1) is 20.3. The van der Waals surface area contributed by atoms with Gasteiger partial charge in [-0.3, -0.25) is 9.69 Å². The van der Waals surface area contributed by atoms with Crippen molar-refractivity contribution in [2.45, 2.75) is 49.8 Å². The molecule has 0 saturated carbocycles. The number of hydrogen-bond donors (Lipinski definition) is 4. The number of hydrogen-bond acceptors (Lipinski definition) is 6. The van der Waals surface area contributed by atoms with Gasteiger partial charge in [0.15, 0.2) is 6.10 Å². The number of ether oxygens (including phenoxy) is 1. The standard InChI is InChI=1S/C33H37N3O6/c37-29(31(39)40)14-17-34-30(38)20-33(15-18-36(19-16-33)21-23-8-2-1-3-9-23)35-32(41)42-22-28-26-12-6-4-10-24(26)25-11-5-7-13-27(25)28/h1-13,28-29,37H,14-22H2,(H,34,38)(H,35,41)(H,39,40)/t29-/m0/s1. The summed E-state index contributed by atoms with van der Waals surface area (Å²) in [4.78, 5) is 39.4. The Morgan fingerprint density at radius 3 is 2.12 bits per heavy atom. The molecule has 9 heteroatoms. The third-order valence-corrected chi connectivity index (χ3v) is 8.30. The van der Waals surface area contributed by atoms with Gasteiger partial charge in [-0.05, 0) is 40.7 Å². The van der Waals surface area contributed by atoms with Gasteiger partial charge in [-0.15, -0.1) is 0 Å². The maximum atomic E-state index is 13.3. The predicted molar refractivity (Wildman–Crippen MR) is 158 cm³/mol. The number of nitrogens with one attached hydrogen (secondary N) is 2. The fourth-order valence-electron chi connectivity index (χ4n) is 6.02. The average Bonchev–Trinajstić information content (AvgIpc) is 3.31. The molecule has 1 saturated heterocycles. The summed E-state index contributed by atoms with van der Waals surface area (Å²) in [5.41, 5.74) is 4.93. The van der Waals surface area contributed by atoms with Crippen LogP contribution in [0.3, 0.4) is 0 Å². The quantitative estimate of drug-likeness (QED) is 0.275. The number of carboxylic acids is 1. The van der Waals surface area contributed by atoms with Crippen LogP contribution in [-0.2, 0) is 20.9 Å². The zero-order valence-corrected chi connectivity index (χ0v) is 23.5. The Labute approximate surface area is 245 Å². The largest absolute Gasteiger partial charge is 0.479 e. The molecule has 3 aromatic carbocycles. The molecule has 5 rings (SSSR count). The summed E-state index contributed by atoms with van der Waals surface area (Å²) in [7, 11) is 0. The third-order valence-electron chi connectivity index (χ3n) is 8.30. The van der Waals surface area contributed by atoms with Gasteiger partial charge in [0.25, 0.3) is 0 Å². The Morgan fingerprint density at radius 2 is 1.50 bits per heavy atom. The van der Waals surface area contributed by atoms with Gasteiger partial charge in [0.05, 0.1) is 5.54 Å². The lowest BCUT2D eigenvalue weighted by Gasteiger charge is -2.41. The molecule has 1 fully saturated rings. The maximum absolute atomic E-state index is 13.3. The van der Waals surface area contributed by atoms with Crippen LogP contribution in [0.4, 0.5) is 4.79 Å². The van der Waals surface area contributed by atoms with E-state index in [-0.39, 0.29) is 37.8 Å². The Kier molecular flexibility index (Phi) is 9.19. The van der Waals surface area contributed by atoms with Crippen molar-refractivity contribution in [3.05, 3.63) is 95.6 Å². The number of carbonyl (C=O) groups is 3. The average molecular weight is 572 g/mol. The first-order valence-electron chi connectivity index (χ1n) is 14.4. The SMILES string of the molecule is O=C(CC1(NC(=O)OCC2c3ccccc3-c3ccccc32)CCN(Cc2ccccc2)CC1)NCC[C@H](O)C(=O)O. The van der Waals surface area contributed by atoms with Crippen LogP contribution >= 0.6 is 0 Å². The maximum Gasteiger partial charge on any atom is 0.407 e. The van der Waals surface area contributed by atoms with Crippen LogP contribution in [0.15, 0.2) is 78.9 Å². The van der Waals surface area contributed by atoms with Crippen LogP contribution in [0.2, 0.25) is 0 Å². The number of fused-ring (bicyclic) bond motifs is 3. The van der Waals surface area contributed by atoms with Crippen LogP contribution in [0.1, 0.15) is 48.3 Å². The van der Waals surface area contributed by atoms with Crippen molar-refractivity contribution in [2.24, 2.45) is 0 Å². The number of carboxylic acid groups (broad SMARTS) is 1. The second-order valence-electron chi connectivity index (χ2n) is 11.2. The van der Waals surface area contributed by atoms with Crippen molar-refractivity contribution in [1.82, 2.24) is 15.5 Å². The summed E-state index contributed by atoms with van der Waals surface area (Å²) < 4.78 is 5.82. The highest BCUT2D eigenvalue weighted by atomic mass is 16.5. The Hall–Kier alpha value is -4.21. The molecule has 9 nitrogen and oxygen atoms in total. The number of nitrogens with zero attached hydrogens (tertiary/aromatic N) is 1. The molecule has 1 aliphatic heterocycles. The van der Waals surface area contributed by atoms with Crippen LogP contribution < -0.4 is 10.6 Å². The molecule has 0 bridgehead atoms. The molecule has 3 aromatic rings. The molecule has 2 aliphatic rings. The molecule has 220 valence electrons. The lowest BCUT2D eigenvalue weighted by Crippen LogP contribution is -2.57. The smallest absolute Gasteiger partial charge is 0.407 e. The van der Waals surface area contributed by atoms with Gasteiger partial charge in [-0.2, -0.15) is 0 Å². The van der Waals surface area contributed by atoms with Crippen molar-refractivity contribution in [2.75, 3.05) is 26.2 Å². The lowest BCUT2D eigenvalue weighted by molar-refractivity contribution is -0.147. The highest BCUT2D eigenvalue weighted by molar-refractivity contribution is 5.80. The monoisotopic (exact) mass is 571 g/mol. The van der Waals surface area contributed by atoms with Crippen molar-refractivity contribution >= 4 is 18.0 Å². The van der Waals surface area contributed by atoms with E-state index in [1.165, 1.54) is 5.56 Å². The minimum absolute atomic E-state index is 0.0213. The van der Waals surface area contributed by atoms with Gasteiger partial charge in [0.1, 0.15) is 6.61 Å². The fraction of sp³-hybridized carbons (Fsp3) is 0.364. The number of aliphatic hydroxyl groups is 1. The molecule has 1 aliphatic carbocycles. The van der Waals surface area contributed by atoms with E-state index in [1.54, 1.807) is 0 Å². The number of benzene rings is 3. The highest BCUT2D eigenvalue weighted by Crippen LogP contribution is 2.44. The van der Waals surface area contributed by atoms with Crippen LogP contribution in [-0.4, -0.2) is 71.0 Å². The Bertz CT molecular complexity index is 1360. The van der Waals surface area contributed by atoms with E-state index in [0.717, 1.165) is 28.8 Å². The van der Waals surface area contributed by atoms with E-state index in [2.05, 4.69) is 51.9 Å². The first kappa shape index (κ1) is 29.3. The second kappa shape index (κ2) is 13.2. The van der Waals surface area contributed by atoms with E-state index in [9.17, 15) is 19.5 Å². The number of piperidine rings is 1. The Morgan fingerprint density at radius 1 is 0.905 bits per heavy atom. The van der Waals surface area contributed by atoms with Crippen LogP contribution in [0.5, 0.6) is 0 Å². The zero-order valence-electron chi connectivity index (χ0n) is 23.5. The first-order valence-corrected chi connectivity index (χ1v) is 14.4. The van der Waals surface area contributed by atoms with Crippen LogP contribution in [0, 0.1) is 0 Å². The normalized spacial score (nSPS) is 16.6. The number of aliphatic carboxylic acids is 1. The minimum atomic E-state index is -1.54. The molecule has 1 heterocycles. The highest BCUT2D eigenvalue weighted by Gasteiger charge is 2.39. The molecule has 0 spiro atoms. The number of carbonyl (C=O) groups excluding carboxylic acids is 2. The Balaban J connectivity index is 1.23. The molecule has 0 aromatic heterocycles. The van der Waals surface area contributed by atoms with E-state index in [4.69, 9.17) is 9.84 Å². The van der Waals surface area contributed by atoms with Gasteiger partial charge < -0.3 is 25.6 Å². The molecule has 2 amide bonds. The predicted octanol–water partition coefficient (Wildman–Crippen LogP) is 3.90. The van der Waals surface area contributed by atoms with Gasteiger partial charge in [0, 0.05) is 44.9 Å². The van der Waals surface area contributed by atoms with E-state index in [0.29, 0.717) is 25.9 Å². The van der Waals surface area contributed by atoms with Crippen molar-refractivity contribution < 1.29 is 29.3 Å². The molecule has 42 heavy (non-hydrogen) atoms. The topological polar surface area (TPSA) is 128 Å². The fourth-order valence-corrected chi connectivity index (χ4v) is 6.02. The number of rotatable bonds is 11. The molecule has 1 atom stereocenters. The summed E-state index contributed by atoms with van der Waals surface area (Å²) in [6.45, 7) is 2.34. The van der Waals surface area contributed by atoms with Gasteiger partial charge in [-0.25, -0.2) is 9.59 Å². The number of aliphatic hydroxyl groups excluding tert-OH is 1. The molecular weight excluding hydrogens is 534 g/mol. The van der Waals surface area contributed by atoms with E-state index in [1.807, 2.05) is 42.5 Å². The van der Waals surface area contributed by atoms with Crippen molar-refractivity contribution in [3.8, 4) is 11.1 Å². The molecule has 4 N–H and O–H groups in total. The van der Waals surface area contributed by atoms with Crippen molar-refractivity contribution in [3.63, 3.8) is 0 Å². The molecule has 0 unspecified atom stereocenters. The molecule has 0 radical (unpaired) electrons. The molecular formula is C33H37N3O6. The minimum Gasteiger partial charge on any atom is -0.479 e. The van der Waals surface area contributed by atoms with E-state index < -0.39 is 23.7 Å². The summed E-state index contributed by atoms with van der Waals surface area (Å²) in [5, 5.41) is 24.2.